The largest absolute Gasteiger partial charge is 0.493 e. The number of rotatable bonds is 9. The first-order valence-electron chi connectivity index (χ1n) is 10.3. The number of allylic oxidation sites excluding steroid dienone is 1. The van der Waals surface area contributed by atoms with E-state index in [0.717, 1.165) is 30.1 Å². The minimum atomic E-state index is -1.82. The molecule has 8 heteroatoms. The lowest BCUT2D eigenvalue weighted by Crippen LogP contribution is -2.46. The van der Waals surface area contributed by atoms with Crippen molar-refractivity contribution >= 4 is 18.0 Å². The Morgan fingerprint density at radius 3 is 2.20 bits per heavy atom. The van der Waals surface area contributed by atoms with Crippen molar-refractivity contribution in [2.24, 2.45) is 0 Å². The minimum Gasteiger partial charge on any atom is -0.493 e. The van der Waals surface area contributed by atoms with Crippen LogP contribution < -0.4 is 9.47 Å². The van der Waals surface area contributed by atoms with Gasteiger partial charge in [-0.1, -0.05) is 25.1 Å². The van der Waals surface area contributed by atoms with Gasteiger partial charge in [0, 0.05) is 26.2 Å². The zero-order valence-electron chi connectivity index (χ0n) is 18.2. The summed E-state index contributed by atoms with van der Waals surface area (Å²) in [5, 5.41) is 14.8. The van der Waals surface area contributed by atoms with E-state index in [9.17, 15) is 0 Å². The van der Waals surface area contributed by atoms with Gasteiger partial charge in [-0.2, -0.15) is 0 Å². The van der Waals surface area contributed by atoms with Crippen LogP contribution in [0.4, 0.5) is 0 Å². The second-order valence-corrected chi connectivity index (χ2v) is 6.85. The van der Waals surface area contributed by atoms with Gasteiger partial charge in [0.2, 0.25) is 0 Å². The highest BCUT2D eigenvalue weighted by Gasteiger charge is 2.14. The lowest BCUT2D eigenvalue weighted by Gasteiger charge is -2.33. The lowest BCUT2D eigenvalue weighted by molar-refractivity contribution is -0.159. The van der Waals surface area contributed by atoms with Crippen LogP contribution in [0.3, 0.4) is 0 Å². The molecule has 0 amide bonds. The molecule has 0 aromatic heterocycles. The number of benzene rings is 1. The maximum absolute atomic E-state index is 9.10. The molecular formula is C22H34N2O6. The van der Waals surface area contributed by atoms with Crippen molar-refractivity contribution in [2.45, 2.75) is 26.7 Å². The molecule has 30 heavy (non-hydrogen) atoms. The molecule has 0 saturated carbocycles. The van der Waals surface area contributed by atoms with Crippen molar-refractivity contribution in [3.05, 3.63) is 29.8 Å². The summed E-state index contributed by atoms with van der Waals surface area (Å²) < 4.78 is 11.3. The highest BCUT2D eigenvalue weighted by molar-refractivity contribution is 6.27. The molecule has 168 valence electrons. The van der Waals surface area contributed by atoms with Crippen LogP contribution in [0.2, 0.25) is 0 Å². The molecule has 8 nitrogen and oxygen atoms in total. The summed E-state index contributed by atoms with van der Waals surface area (Å²) in [6.07, 6.45) is 6.35. The van der Waals surface area contributed by atoms with Gasteiger partial charge in [-0.15, -0.1) is 0 Å². The Morgan fingerprint density at radius 1 is 1.03 bits per heavy atom. The van der Waals surface area contributed by atoms with Gasteiger partial charge >= 0.3 is 11.9 Å². The van der Waals surface area contributed by atoms with E-state index in [-0.39, 0.29) is 0 Å². The van der Waals surface area contributed by atoms with E-state index in [1.165, 1.54) is 45.7 Å². The number of carboxylic acid groups (broad SMARTS) is 2. The topological polar surface area (TPSA) is 99.5 Å². The number of aliphatic carboxylic acids is 2. The monoisotopic (exact) mass is 422 g/mol. The third-order valence-electron chi connectivity index (χ3n) is 4.77. The quantitative estimate of drug-likeness (QED) is 0.463. The van der Waals surface area contributed by atoms with Gasteiger partial charge in [-0.05, 0) is 50.6 Å². The van der Waals surface area contributed by atoms with Gasteiger partial charge in [0.1, 0.15) is 0 Å². The number of carbonyl (C=O) groups is 2. The maximum atomic E-state index is 9.10. The fourth-order valence-electron chi connectivity index (χ4n) is 3.05. The molecule has 1 aliphatic heterocycles. The van der Waals surface area contributed by atoms with Crippen LogP contribution in [-0.2, 0) is 9.59 Å². The average Bonchev–Trinajstić information content (AvgIpc) is 2.75. The molecule has 2 rings (SSSR count). The fraction of sp³-hybridized carbons (Fsp3) is 0.545. The number of likely N-dealkylation sites (N-methyl/N-ethyl adjacent to an activating group) is 1. The van der Waals surface area contributed by atoms with Crippen LogP contribution in [0, 0.1) is 0 Å². The van der Waals surface area contributed by atoms with E-state index in [4.69, 9.17) is 29.3 Å². The Kier molecular flexibility index (Phi) is 12.2. The second-order valence-electron chi connectivity index (χ2n) is 6.85. The summed E-state index contributed by atoms with van der Waals surface area (Å²) >= 11 is 0. The third kappa shape index (κ3) is 9.76. The van der Waals surface area contributed by atoms with E-state index in [0.29, 0.717) is 0 Å². The Morgan fingerprint density at radius 2 is 1.67 bits per heavy atom. The number of nitrogens with zero attached hydrogens (tertiary/aromatic N) is 2. The molecule has 1 aliphatic rings. The summed E-state index contributed by atoms with van der Waals surface area (Å²) in [6, 6.07) is 6.08. The number of methoxy groups -OCH3 is 1. The van der Waals surface area contributed by atoms with E-state index in [1.54, 1.807) is 7.11 Å². The molecule has 1 fully saturated rings. The maximum Gasteiger partial charge on any atom is 0.414 e. The number of hydrogen-bond donors (Lipinski definition) is 2. The number of ether oxygens (including phenoxy) is 2. The normalized spacial score (nSPS) is 14.8. The van der Waals surface area contributed by atoms with E-state index < -0.39 is 11.9 Å². The molecule has 1 aromatic carbocycles. The minimum absolute atomic E-state index is 0.744. The zero-order valence-corrected chi connectivity index (χ0v) is 18.2. The predicted molar refractivity (Wildman–Crippen MR) is 116 cm³/mol. The molecule has 0 aliphatic carbocycles. The Bertz CT molecular complexity index is 672. The first kappa shape index (κ1) is 25.5. The van der Waals surface area contributed by atoms with Gasteiger partial charge in [-0.25, -0.2) is 9.59 Å². The zero-order chi connectivity index (χ0) is 22.4. The van der Waals surface area contributed by atoms with Crippen LogP contribution in [0.25, 0.3) is 6.08 Å². The number of hydrogen-bond acceptors (Lipinski definition) is 6. The molecule has 1 saturated heterocycles. The number of piperazine rings is 1. The Balaban J connectivity index is 0.000000656. The van der Waals surface area contributed by atoms with Gasteiger partial charge in [0.15, 0.2) is 11.5 Å². The lowest BCUT2D eigenvalue weighted by atomic mass is 10.2. The summed E-state index contributed by atoms with van der Waals surface area (Å²) in [6.45, 7) is 12.2. The molecule has 1 aromatic rings. The smallest absolute Gasteiger partial charge is 0.414 e. The summed E-state index contributed by atoms with van der Waals surface area (Å²) in [7, 11) is 1.69. The average molecular weight is 423 g/mol. The third-order valence-corrected chi connectivity index (χ3v) is 4.77. The van der Waals surface area contributed by atoms with Crippen LogP contribution in [0.15, 0.2) is 24.3 Å². The molecule has 0 bridgehead atoms. The van der Waals surface area contributed by atoms with Gasteiger partial charge < -0.3 is 29.5 Å². The van der Waals surface area contributed by atoms with Crippen molar-refractivity contribution in [3.8, 4) is 11.5 Å². The van der Waals surface area contributed by atoms with Crippen molar-refractivity contribution in [1.82, 2.24) is 9.80 Å². The van der Waals surface area contributed by atoms with Crippen molar-refractivity contribution in [1.29, 1.82) is 0 Å². The van der Waals surface area contributed by atoms with Crippen LogP contribution in [-0.4, -0.2) is 84.9 Å². The first-order valence-corrected chi connectivity index (χ1v) is 10.3. The fourth-order valence-corrected chi connectivity index (χ4v) is 3.05. The van der Waals surface area contributed by atoms with Crippen molar-refractivity contribution < 1.29 is 29.3 Å². The standard InChI is InChI=1S/C20H32N2O2.C2H2O4/c1-4-8-18-9-10-19(20(17-18)23-3)24-16-7-6-11-22-14-12-21(5-2)13-15-22;3-1(4)2(5)6/h4,8-10,17H,5-7,11-16H2,1-3H3;(H,3,4)(H,5,6). The van der Waals surface area contributed by atoms with E-state index in [2.05, 4.69) is 28.9 Å². The van der Waals surface area contributed by atoms with E-state index in [1.807, 2.05) is 25.1 Å². The van der Waals surface area contributed by atoms with Crippen molar-refractivity contribution in [3.63, 3.8) is 0 Å². The van der Waals surface area contributed by atoms with Crippen LogP contribution in [0.5, 0.6) is 11.5 Å². The van der Waals surface area contributed by atoms with Gasteiger partial charge in [0.25, 0.3) is 0 Å². The Hall–Kier alpha value is -2.58. The second kappa shape index (κ2) is 14.4. The first-order chi connectivity index (χ1) is 14.4. The highest BCUT2D eigenvalue weighted by atomic mass is 16.5. The summed E-state index contributed by atoms with van der Waals surface area (Å²) in [5.41, 5.74) is 1.13. The molecule has 0 spiro atoms. The highest BCUT2D eigenvalue weighted by Crippen LogP contribution is 2.28. The summed E-state index contributed by atoms with van der Waals surface area (Å²) in [4.78, 5) is 23.3. The van der Waals surface area contributed by atoms with Crippen LogP contribution >= 0.6 is 0 Å². The van der Waals surface area contributed by atoms with Gasteiger partial charge in [-0.3, -0.25) is 0 Å². The molecule has 0 atom stereocenters. The predicted octanol–water partition coefficient (Wildman–Crippen LogP) is 2.68. The van der Waals surface area contributed by atoms with Gasteiger partial charge in [0.05, 0.1) is 13.7 Å². The van der Waals surface area contributed by atoms with Crippen molar-refractivity contribution in [2.75, 3.05) is 53.0 Å². The van der Waals surface area contributed by atoms with E-state index >= 15 is 0 Å². The Labute approximate surface area is 178 Å². The molecule has 2 N–H and O–H groups in total. The molecule has 1 heterocycles. The molecular weight excluding hydrogens is 388 g/mol. The van der Waals surface area contributed by atoms with Crippen LogP contribution in [0.1, 0.15) is 32.3 Å². The number of unbranched alkanes of at least 4 members (excludes halogenated alkanes) is 1. The SMILES string of the molecule is CC=Cc1ccc(OCCCCN2CCN(CC)CC2)c(OC)c1.O=C(O)C(=O)O. The number of carboxylic acids is 2. The molecule has 0 radical (unpaired) electrons. The molecule has 0 unspecified atom stereocenters. The summed E-state index contributed by atoms with van der Waals surface area (Å²) in [5.74, 6) is -2.01.